The van der Waals surface area contributed by atoms with Gasteiger partial charge in [-0.25, -0.2) is 0 Å². The first-order valence-electron chi connectivity index (χ1n) is 5.16. The van der Waals surface area contributed by atoms with Crippen LogP contribution in [0.4, 0.5) is 5.69 Å². The van der Waals surface area contributed by atoms with E-state index in [9.17, 15) is 9.90 Å². The number of amides is 1. The van der Waals surface area contributed by atoms with Crippen LogP contribution in [-0.4, -0.2) is 16.2 Å². The zero-order valence-electron chi connectivity index (χ0n) is 9.25. The molecule has 1 amide bonds. The number of hydrogen-bond donors (Lipinski definition) is 2. The predicted molar refractivity (Wildman–Crippen MR) is 61.5 cm³/mol. The Balaban J connectivity index is 2.14. The number of benzene rings is 1. The van der Waals surface area contributed by atoms with E-state index in [1.54, 1.807) is 31.2 Å². The van der Waals surface area contributed by atoms with Crippen molar-refractivity contribution in [3.8, 4) is 0 Å². The Kier molecular flexibility index (Phi) is 3.20. The number of nitrogens with zero attached hydrogens (tertiary/aromatic N) is 1. The fraction of sp³-hybridized carbons (Fsp3) is 0.167. The number of hydrogen-bond acceptors (Lipinski definition) is 4. The molecular weight excluding hydrogens is 220 g/mol. The number of anilines is 1. The molecule has 88 valence electrons. The lowest BCUT2D eigenvalue weighted by Gasteiger charge is -2.07. The van der Waals surface area contributed by atoms with Crippen LogP contribution in [0.5, 0.6) is 0 Å². The van der Waals surface area contributed by atoms with Crippen molar-refractivity contribution in [3.63, 3.8) is 0 Å². The van der Waals surface area contributed by atoms with Gasteiger partial charge in [-0.05, 0) is 24.6 Å². The maximum Gasteiger partial charge on any atom is 0.277 e. The fourth-order valence-electron chi connectivity index (χ4n) is 1.40. The lowest BCUT2D eigenvalue weighted by Crippen LogP contribution is -2.12. The zero-order chi connectivity index (χ0) is 12.3. The summed E-state index contributed by atoms with van der Waals surface area (Å²) in [7, 11) is 0. The van der Waals surface area contributed by atoms with Gasteiger partial charge >= 0.3 is 0 Å². The van der Waals surface area contributed by atoms with E-state index in [1.165, 1.54) is 12.3 Å². The fourth-order valence-corrected chi connectivity index (χ4v) is 1.40. The number of carbonyl (C=O) groups excluding carboxylic acids is 1. The van der Waals surface area contributed by atoms with Gasteiger partial charge in [0, 0.05) is 11.8 Å². The highest BCUT2D eigenvalue weighted by Gasteiger charge is 2.09. The van der Waals surface area contributed by atoms with Gasteiger partial charge < -0.3 is 14.9 Å². The third-order valence-corrected chi connectivity index (χ3v) is 2.30. The molecule has 1 unspecified atom stereocenters. The minimum Gasteiger partial charge on any atom is -0.389 e. The molecule has 2 rings (SSSR count). The molecule has 0 aliphatic carbocycles. The Bertz CT molecular complexity index is 506. The Labute approximate surface area is 98.1 Å². The average molecular weight is 232 g/mol. The molecule has 0 radical (unpaired) electrons. The van der Waals surface area contributed by atoms with E-state index in [0.717, 1.165) is 5.56 Å². The summed E-state index contributed by atoms with van der Waals surface area (Å²) in [6.07, 6.45) is 0.764. The van der Waals surface area contributed by atoms with E-state index in [2.05, 4.69) is 15.0 Å². The minimum atomic E-state index is -0.570. The van der Waals surface area contributed by atoms with Gasteiger partial charge in [0.1, 0.15) is 6.26 Å². The molecule has 0 aliphatic heterocycles. The van der Waals surface area contributed by atoms with Crippen molar-refractivity contribution in [2.75, 3.05) is 5.32 Å². The molecule has 0 saturated heterocycles. The zero-order valence-corrected chi connectivity index (χ0v) is 9.25. The molecule has 2 N–H and O–H groups in total. The van der Waals surface area contributed by atoms with Gasteiger partial charge in [-0.2, -0.15) is 0 Å². The molecule has 2 aromatic rings. The van der Waals surface area contributed by atoms with Crippen LogP contribution in [0.1, 0.15) is 29.1 Å². The summed E-state index contributed by atoms with van der Waals surface area (Å²) in [5, 5.41) is 15.6. The Hall–Kier alpha value is -2.14. The number of nitrogens with one attached hydrogen (secondary N) is 1. The van der Waals surface area contributed by atoms with Crippen molar-refractivity contribution in [2.45, 2.75) is 13.0 Å². The van der Waals surface area contributed by atoms with Crippen LogP contribution >= 0.6 is 0 Å². The number of aromatic nitrogens is 1. The summed E-state index contributed by atoms with van der Waals surface area (Å²) < 4.78 is 4.58. The smallest absolute Gasteiger partial charge is 0.277 e. The molecule has 17 heavy (non-hydrogen) atoms. The van der Waals surface area contributed by atoms with E-state index < -0.39 is 6.10 Å². The van der Waals surface area contributed by atoms with Crippen molar-refractivity contribution in [1.29, 1.82) is 0 Å². The quantitative estimate of drug-likeness (QED) is 0.848. The molecule has 0 bridgehead atoms. The van der Waals surface area contributed by atoms with Crippen LogP contribution in [0.3, 0.4) is 0 Å². The van der Waals surface area contributed by atoms with Crippen LogP contribution in [0, 0.1) is 0 Å². The van der Waals surface area contributed by atoms with Crippen LogP contribution in [0.25, 0.3) is 0 Å². The highest BCUT2D eigenvalue weighted by atomic mass is 16.5. The molecule has 0 aliphatic rings. The summed E-state index contributed by atoms with van der Waals surface area (Å²) in [5.74, 6) is -0.346. The van der Waals surface area contributed by atoms with Crippen molar-refractivity contribution in [1.82, 2.24) is 5.16 Å². The van der Waals surface area contributed by atoms with Gasteiger partial charge in [0.05, 0.1) is 6.10 Å². The van der Waals surface area contributed by atoms with Crippen LogP contribution < -0.4 is 5.32 Å². The van der Waals surface area contributed by atoms with E-state index >= 15 is 0 Å². The first kappa shape index (κ1) is 11.3. The molecule has 0 saturated carbocycles. The maximum absolute atomic E-state index is 11.7. The van der Waals surface area contributed by atoms with Crippen molar-refractivity contribution in [2.24, 2.45) is 0 Å². The van der Waals surface area contributed by atoms with Crippen molar-refractivity contribution in [3.05, 3.63) is 47.9 Å². The molecule has 1 atom stereocenters. The number of aliphatic hydroxyl groups is 1. The van der Waals surface area contributed by atoms with Gasteiger partial charge in [0.2, 0.25) is 0 Å². The van der Waals surface area contributed by atoms with Crippen molar-refractivity contribution >= 4 is 11.6 Å². The Morgan fingerprint density at radius 1 is 1.47 bits per heavy atom. The lowest BCUT2D eigenvalue weighted by atomic mass is 10.1. The Morgan fingerprint density at radius 2 is 2.29 bits per heavy atom. The third kappa shape index (κ3) is 2.70. The first-order valence-corrected chi connectivity index (χ1v) is 5.16. The second-order valence-electron chi connectivity index (χ2n) is 3.64. The molecule has 1 aromatic carbocycles. The van der Waals surface area contributed by atoms with E-state index in [1.807, 2.05) is 0 Å². The largest absolute Gasteiger partial charge is 0.389 e. The standard InChI is InChI=1S/C12H12N2O3/c1-8(15)9-3-2-4-10(7-9)13-12(16)11-5-6-17-14-11/h2-8,15H,1H3,(H,13,16). The summed E-state index contributed by atoms with van der Waals surface area (Å²) in [4.78, 5) is 11.7. The molecule has 5 heteroatoms. The van der Waals surface area contributed by atoms with E-state index in [-0.39, 0.29) is 11.6 Å². The number of aliphatic hydroxyl groups excluding tert-OH is 1. The van der Waals surface area contributed by atoms with Gasteiger partial charge in [0.15, 0.2) is 5.69 Å². The second kappa shape index (κ2) is 4.80. The molecule has 0 fully saturated rings. The molecule has 5 nitrogen and oxygen atoms in total. The number of rotatable bonds is 3. The molecular formula is C12H12N2O3. The summed E-state index contributed by atoms with van der Waals surface area (Å²) in [5.41, 5.74) is 1.56. The van der Waals surface area contributed by atoms with E-state index in [4.69, 9.17) is 0 Å². The van der Waals surface area contributed by atoms with Gasteiger partial charge in [-0.1, -0.05) is 17.3 Å². The monoisotopic (exact) mass is 232 g/mol. The minimum absolute atomic E-state index is 0.215. The normalized spacial score (nSPS) is 12.1. The van der Waals surface area contributed by atoms with Crippen LogP contribution in [0.15, 0.2) is 41.1 Å². The van der Waals surface area contributed by atoms with Crippen molar-refractivity contribution < 1.29 is 14.4 Å². The SMILES string of the molecule is CC(O)c1cccc(NC(=O)c2ccon2)c1. The van der Waals surface area contributed by atoms with Crippen LogP contribution in [-0.2, 0) is 0 Å². The summed E-state index contributed by atoms with van der Waals surface area (Å²) >= 11 is 0. The summed E-state index contributed by atoms with van der Waals surface area (Å²) in [6, 6.07) is 8.48. The maximum atomic E-state index is 11.7. The average Bonchev–Trinajstić information content (AvgIpc) is 2.82. The second-order valence-corrected chi connectivity index (χ2v) is 3.64. The Morgan fingerprint density at radius 3 is 2.94 bits per heavy atom. The lowest BCUT2D eigenvalue weighted by molar-refractivity contribution is 0.101. The van der Waals surface area contributed by atoms with Gasteiger partial charge in [-0.3, -0.25) is 4.79 Å². The molecule has 1 aromatic heterocycles. The topological polar surface area (TPSA) is 75.4 Å². The van der Waals surface area contributed by atoms with Gasteiger partial charge in [0.25, 0.3) is 5.91 Å². The molecule has 1 heterocycles. The van der Waals surface area contributed by atoms with Crippen LogP contribution in [0.2, 0.25) is 0 Å². The molecule has 0 spiro atoms. The predicted octanol–water partition coefficient (Wildman–Crippen LogP) is 1.98. The highest BCUT2D eigenvalue weighted by molar-refractivity contribution is 6.02. The van der Waals surface area contributed by atoms with Gasteiger partial charge in [-0.15, -0.1) is 0 Å². The highest BCUT2D eigenvalue weighted by Crippen LogP contribution is 2.17. The number of carbonyl (C=O) groups is 1. The van der Waals surface area contributed by atoms with E-state index in [0.29, 0.717) is 5.69 Å². The third-order valence-electron chi connectivity index (χ3n) is 2.30. The summed E-state index contributed by atoms with van der Waals surface area (Å²) in [6.45, 7) is 1.67. The first-order chi connectivity index (χ1) is 8.16.